The third-order valence-electron chi connectivity index (χ3n) is 4.03. The van der Waals surface area contributed by atoms with Crippen LogP contribution in [0.3, 0.4) is 0 Å². The molecule has 2 heterocycles. The maximum absolute atomic E-state index is 5.32. The van der Waals surface area contributed by atoms with Gasteiger partial charge in [-0.05, 0) is 50.7 Å². The van der Waals surface area contributed by atoms with Gasteiger partial charge in [0.1, 0.15) is 0 Å². The lowest BCUT2D eigenvalue weighted by Crippen LogP contribution is -2.40. The molecule has 0 bridgehead atoms. The van der Waals surface area contributed by atoms with E-state index in [1.54, 1.807) is 0 Å². The number of likely N-dealkylation sites (tertiary alicyclic amines) is 1. The van der Waals surface area contributed by atoms with Crippen molar-refractivity contribution in [1.82, 2.24) is 15.5 Å². The summed E-state index contributed by atoms with van der Waals surface area (Å²) in [5.74, 6) is 3.97. The SMILES string of the molecule is C#CCNC(=NCC1CCCN(C)C1c1cccs1)NCC. The molecular formula is C17H26N4S. The Kier molecular flexibility index (Phi) is 6.75. The van der Waals surface area contributed by atoms with Crippen LogP contribution < -0.4 is 10.6 Å². The van der Waals surface area contributed by atoms with Crippen LogP contribution in [0.15, 0.2) is 22.5 Å². The quantitative estimate of drug-likeness (QED) is 0.497. The highest BCUT2D eigenvalue weighted by atomic mass is 32.1. The number of aliphatic imine (C=N–C) groups is 1. The molecule has 120 valence electrons. The van der Waals surface area contributed by atoms with Gasteiger partial charge < -0.3 is 10.6 Å². The van der Waals surface area contributed by atoms with Crippen LogP contribution in [-0.2, 0) is 0 Å². The van der Waals surface area contributed by atoms with Gasteiger partial charge in [-0.1, -0.05) is 12.0 Å². The Labute approximate surface area is 138 Å². The summed E-state index contributed by atoms with van der Waals surface area (Å²) >= 11 is 1.85. The van der Waals surface area contributed by atoms with Crippen molar-refractivity contribution < 1.29 is 0 Å². The van der Waals surface area contributed by atoms with Crippen LogP contribution >= 0.6 is 11.3 Å². The number of thiophene rings is 1. The van der Waals surface area contributed by atoms with Crippen molar-refractivity contribution >= 4 is 17.3 Å². The molecule has 1 aliphatic heterocycles. The van der Waals surface area contributed by atoms with Crippen LogP contribution in [0.25, 0.3) is 0 Å². The number of guanidine groups is 1. The van der Waals surface area contributed by atoms with Gasteiger partial charge in [0.2, 0.25) is 0 Å². The minimum atomic E-state index is 0.480. The second-order valence-corrected chi connectivity index (χ2v) is 6.60. The zero-order valence-corrected chi connectivity index (χ0v) is 14.3. The van der Waals surface area contributed by atoms with Gasteiger partial charge in [-0.3, -0.25) is 9.89 Å². The Bertz CT molecular complexity index is 503. The Hall–Kier alpha value is -1.51. The fraction of sp³-hybridized carbons (Fsp3) is 0.588. The second-order valence-electron chi connectivity index (χ2n) is 5.62. The van der Waals surface area contributed by atoms with E-state index in [-0.39, 0.29) is 0 Å². The third-order valence-corrected chi connectivity index (χ3v) is 4.97. The molecular weight excluding hydrogens is 292 g/mol. The normalized spacial score (nSPS) is 23.0. The average Bonchev–Trinajstić information content (AvgIpc) is 3.04. The van der Waals surface area contributed by atoms with Gasteiger partial charge >= 0.3 is 0 Å². The molecule has 0 spiro atoms. The van der Waals surface area contributed by atoms with Crippen LogP contribution in [-0.4, -0.2) is 44.1 Å². The van der Waals surface area contributed by atoms with E-state index in [1.807, 2.05) is 11.3 Å². The van der Waals surface area contributed by atoms with E-state index in [4.69, 9.17) is 11.4 Å². The van der Waals surface area contributed by atoms with Crippen molar-refractivity contribution in [3.05, 3.63) is 22.4 Å². The predicted molar refractivity (Wildman–Crippen MR) is 95.2 cm³/mol. The van der Waals surface area contributed by atoms with E-state index in [1.165, 1.54) is 17.7 Å². The largest absolute Gasteiger partial charge is 0.357 e. The van der Waals surface area contributed by atoms with Crippen molar-refractivity contribution in [1.29, 1.82) is 0 Å². The smallest absolute Gasteiger partial charge is 0.192 e. The first-order valence-electron chi connectivity index (χ1n) is 7.95. The summed E-state index contributed by atoms with van der Waals surface area (Å²) in [5, 5.41) is 8.58. The summed E-state index contributed by atoms with van der Waals surface area (Å²) in [5.41, 5.74) is 0. The van der Waals surface area contributed by atoms with Crippen molar-refractivity contribution in [2.75, 3.05) is 33.2 Å². The van der Waals surface area contributed by atoms with E-state index in [0.717, 1.165) is 25.6 Å². The maximum Gasteiger partial charge on any atom is 0.192 e. The molecule has 2 unspecified atom stereocenters. The van der Waals surface area contributed by atoms with E-state index in [9.17, 15) is 0 Å². The van der Waals surface area contributed by atoms with Crippen LogP contribution in [0, 0.1) is 18.3 Å². The molecule has 0 aromatic carbocycles. The molecule has 2 rings (SSSR count). The summed E-state index contributed by atoms with van der Waals surface area (Å²) < 4.78 is 0. The minimum absolute atomic E-state index is 0.480. The van der Waals surface area contributed by atoms with Crippen LogP contribution in [0.4, 0.5) is 0 Å². The van der Waals surface area contributed by atoms with Crippen molar-refractivity contribution in [2.24, 2.45) is 10.9 Å². The lowest BCUT2D eigenvalue weighted by Gasteiger charge is -2.38. The molecule has 0 aliphatic carbocycles. The topological polar surface area (TPSA) is 39.7 Å². The Balaban J connectivity index is 2.06. The van der Waals surface area contributed by atoms with Gasteiger partial charge in [0.05, 0.1) is 6.54 Å². The molecule has 1 aliphatic rings. The van der Waals surface area contributed by atoms with Gasteiger partial charge in [0.15, 0.2) is 5.96 Å². The Morgan fingerprint density at radius 2 is 2.41 bits per heavy atom. The maximum atomic E-state index is 5.32. The number of hydrogen-bond donors (Lipinski definition) is 2. The van der Waals surface area contributed by atoms with Gasteiger partial charge in [-0.15, -0.1) is 17.8 Å². The van der Waals surface area contributed by atoms with Gasteiger partial charge in [0, 0.05) is 24.0 Å². The highest BCUT2D eigenvalue weighted by Crippen LogP contribution is 2.37. The monoisotopic (exact) mass is 318 g/mol. The lowest BCUT2D eigenvalue weighted by atomic mass is 9.88. The zero-order valence-electron chi connectivity index (χ0n) is 13.5. The summed E-state index contributed by atoms with van der Waals surface area (Å²) in [4.78, 5) is 8.66. The molecule has 1 aromatic heterocycles. The van der Waals surface area contributed by atoms with E-state index < -0.39 is 0 Å². The van der Waals surface area contributed by atoms with Crippen LogP contribution in [0.5, 0.6) is 0 Å². The molecule has 2 atom stereocenters. The summed E-state index contributed by atoms with van der Waals surface area (Å²) in [6, 6.07) is 4.87. The molecule has 5 heteroatoms. The first-order valence-corrected chi connectivity index (χ1v) is 8.83. The summed E-state index contributed by atoms with van der Waals surface area (Å²) in [6.45, 7) is 5.40. The second kappa shape index (κ2) is 8.82. The summed E-state index contributed by atoms with van der Waals surface area (Å²) in [6.07, 6.45) is 7.79. The van der Waals surface area contributed by atoms with Crippen molar-refractivity contribution in [2.45, 2.75) is 25.8 Å². The Morgan fingerprint density at radius 1 is 1.55 bits per heavy atom. The standard InChI is InChI=1S/C17H26N4S/c1-4-10-19-17(18-5-2)20-13-14-8-6-11-21(3)16(14)15-9-7-12-22-15/h1,7,9,12,14,16H,5-6,8,10-11,13H2,2-3H3,(H2,18,19,20). The van der Waals surface area contributed by atoms with E-state index >= 15 is 0 Å². The number of piperidine rings is 1. The first kappa shape index (κ1) is 16.9. The number of hydrogen-bond acceptors (Lipinski definition) is 3. The molecule has 1 fully saturated rings. The highest BCUT2D eigenvalue weighted by molar-refractivity contribution is 7.10. The molecule has 1 saturated heterocycles. The Morgan fingerprint density at radius 3 is 3.09 bits per heavy atom. The molecule has 22 heavy (non-hydrogen) atoms. The van der Waals surface area contributed by atoms with Gasteiger partial charge in [-0.25, -0.2) is 0 Å². The summed E-state index contributed by atoms with van der Waals surface area (Å²) in [7, 11) is 2.22. The van der Waals surface area contributed by atoms with Crippen molar-refractivity contribution in [3.63, 3.8) is 0 Å². The van der Waals surface area contributed by atoms with E-state index in [2.05, 4.69) is 52.9 Å². The van der Waals surface area contributed by atoms with Crippen LogP contribution in [0.1, 0.15) is 30.7 Å². The fourth-order valence-electron chi connectivity index (χ4n) is 3.04. The third kappa shape index (κ3) is 4.49. The number of nitrogens with zero attached hydrogens (tertiary/aromatic N) is 2. The fourth-order valence-corrected chi connectivity index (χ4v) is 4.03. The van der Waals surface area contributed by atoms with E-state index in [0.29, 0.717) is 18.5 Å². The number of terminal acetylenes is 1. The van der Waals surface area contributed by atoms with Gasteiger partial charge in [0.25, 0.3) is 0 Å². The number of rotatable bonds is 5. The molecule has 0 saturated carbocycles. The molecule has 4 nitrogen and oxygen atoms in total. The number of nitrogens with one attached hydrogen (secondary N) is 2. The average molecular weight is 318 g/mol. The molecule has 0 radical (unpaired) electrons. The first-order chi connectivity index (χ1) is 10.8. The van der Waals surface area contributed by atoms with Crippen molar-refractivity contribution in [3.8, 4) is 12.3 Å². The predicted octanol–water partition coefficient (Wildman–Crippen LogP) is 2.32. The van der Waals surface area contributed by atoms with Gasteiger partial charge in [-0.2, -0.15) is 0 Å². The van der Waals surface area contributed by atoms with Crippen LogP contribution in [0.2, 0.25) is 0 Å². The minimum Gasteiger partial charge on any atom is -0.357 e. The lowest BCUT2D eigenvalue weighted by molar-refractivity contribution is 0.128. The molecule has 0 amide bonds. The zero-order chi connectivity index (χ0) is 15.8. The molecule has 1 aromatic rings. The molecule has 2 N–H and O–H groups in total. The highest BCUT2D eigenvalue weighted by Gasteiger charge is 2.30.